The summed E-state index contributed by atoms with van der Waals surface area (Å²) in [5, 5.41) is 0. The lowest BCUT2D eigenvalue weighted by molar-refractivity contribution is -0.139. The number of benzene rings is 3. The zero-order valence-electron chi connectivity index (χ0n) is 20.9. The van der Waals surface area contributed by atoms with Crippen molar-refractivity contribution in [3.63, 3.8) is 0 Å². The van der Waals surface area contributed by atoms with Gasteiger partial charge in [0.1, 0.15) is 11.5 Å². The van der Waals surface area contributed by atoms with E-state index in [2.05, 4.69) is 4.79 Å². The van der Waals surface area contributed by atoms with Crippen LogP contribution in [0.25, 0.3) is 0 Å². The van der Waals surface area contributed by atoms with Gasteiger partial charge in [-0.1, -0.05) is 30.3 Å². The number of rotatable bonds is 4. The highest BCUT2D eigenvalue weighted by molar-refractivity contribution is 6.52. The number of hydrogen-bond donors (Lipinski definition) is 1. The molecule has 36 heavy (non-hydrogen) atoms. The smallest absolute Gasteiger partial charge is 0.408 e. The number of Topliss-reactive ketones (excluding diaryl/α,β-unsaturated/α-hetero) is 1. The first-order valence-electron chi connectivity index (χ1n) is 11.5. The Bertz CT molecular complexity index is 1430. The minimum atomic E-state index is -1.15. The van der Waals surface area contributed by atoms with Crippen LogP contribution in [0.1, 0.15) is 32.6 Å². The maximum absolute atomic E-state index is 13.7. The number of hydrogen-bond acceptors (Lipinski definition) is 7. The quantitative estimate of drug-likeness (QED) is 0.344. The fraction of sp³-hybridized carbons (Fsp3) is 0.250. The summed E-state index contributed by atoms with van der Waals surface area (Å²) in [5.41, 5.74) is 12.2. The summed E-state index contributed by atoms with van der Waals surface area (Å²) < 4.78 is 11.3. The van der Waals surface area contributed by atoms with Crippen molar-refractivity contribution in [2.24, 2.45) is 0 Å². The van der Waals surface area contributed by atoms with E-state index in [1.54, 1.807) is 12.1 Å². The second-order valence-corrected chi connectivity index (χ2v) is 9.42. The molecule has 0 unspecified atom stereocenters. The van der Waals surface area contributed by atoms with Gasteiger partial charge in [-0.05, 0) is 23.3 Å². The molecule has 182 valence electrons. The topological polar surface area (TPSA) is 97.0 Å². The molecule has 2 aliphatic rings. The highest BCUT2D eigenvalue weighted by Gasteiger charge is 2.63. The van der Waals surface area contributed by atoms with E-state index in [0.717, 1.165) is 22.5 Å². The highest BCUT2D eigenvalue weighted by atomic mass is 16.5. The Hall–Kier alpha value is -4.42. The predicted octanol–water partition coefficient (Wildman–Crippen LogP) is 3.85. The van der Waals surface area contributed by atoms with Crippen LogP contribution >= 0.6 is 0 Å². The van der Waals surface area contributed by atoms with E-state index < -0.39 is 5.41 Å². The lowest BCUT2D eigenvalue weighted by Crippen LogP contribution is -2.40. The average molecular weight is 484 g/mol. The number of nitrogens with one attached hydrogen (secondary N) is 1. The fourth-order valence-corrected chi connectivity index (χ4v) is 5.18. The van der Waals surface area contributed by atoms with Gasteiger partial charge in [-0.3, -0.25) is 9.59 Å². The minimum absolute atomic E-state index is 0.0662. The average Bonchev–Trinajstić information content (AvgIpc) is 3.10. The van der Waals surface area contributed by atoms with Crippen LogP contribution in [0.2, 0.25) is 0 Å². The Morgan fingerprint density at radius 2 is 1.50 bits per heavy atom. The van der Waals surface area contributed by atoms with E-state index in [0.29, 0.717) is 28.2 Å². The lowest BCUT2D eigenvalue weighted by atomic mass is 9.67. The summed E-state index contributed by atoms with van der Waals surface area (Å²) in [6.07, 6.45) is 0.0662. The Morgan fingerprint density at radius 1 is 0.917 bits per heavy atom. The van der Waals surface area contributed by atoms with Crippen LogP contribution in [0, 0.1) is 5.53 Å². The number of ketones is 1. The van der Waals surface area contributed by atoms with Crippen LogP contribution in [-0.2, 0) is 21.4 Å². The molecule has 0 aromatic heterocycles. The van der Waals surface area contributed by atoms with Crippen LogP contribution in [0.4, 0.5) is 11.4 Å². The Kier molecular flexibility index (Phi) is 5.42. The van der Waals surface area contributed by atoms with Gasteiger partial charge in [0.05, 0.1) is 23.9 Å². The van der Waals surface area contributed by atoms with Crippen LogP contribution in [0.5, 0.6) is 11.5 Å². The maximum atomic E-state index is 13.7. The maximum Gasteiger partial charge on any atom is 0.408 e. The third-order valence-corrected chi connectivity index (χ3v) is 6.98. The lowest BCUT2D eigenvalue weighted by Gasteiger charge is -2.35. The van der Waals surface area contributed by atoms with Gasteiger partial charge >= 0.3 is 11.7 Å². The van der Waals surface area contributed by atoms with E-state index >= 15 is 0 Å². The molecule has 0 bridgehead atoms. The Balaban J connectivity index is 1.88. The first-order chi connectivity index (χ1) is 17.2. The van der Waals surface area contributed by atoms with Crippen molar-refractivity contribution in [2.45, 2.75) is 11.8 Å². The van der Waals surface area contributed by atoms with Crippen LogP contribution in [-0.4, -0.2) is 57.6 Å². The molecule has 8 heteroatoms. The van der Waals surface area contributed by atoms with Gasteiger partial charge in [0.2, 0.25) is 0 Å². The SMILES string of the molecule is COC(=O)Cc1ccc2c(c1)C1(C(=[N+]=N)C2=O)c2ccc(N(C)C)cc2Oc2cc(N(C)C)ccc21. The molecule has 0 saturated heterocycles. The van der Waals surface area contributed by atoms with Gasteiger partial charge in [-0.2, -0.15) is 0 Å². The van der Waals surface area contributed by atoms with E-state index in [-0.39, 0.29) is 23.9 Å². The van der Waals surface area contributed by atoms with E-state index in [9.17, 15) is 9.59 Å². The first-order valence-corrected chi connectivity index (χ1v) is 11.5. The molecule has 0 atom stereocenters. The molecule has 8 nitrogen and oxygen atoms in total. The van der Waals surface area contributed by atoms with E-state index in [4.69, 9.17) is 15.0 Å². The first kappa shape index (κ1) is 23.3. The van der Waals surface area contributed by atoms with Crippen molar-refractivity contribution in [2.75, 3.05) is 45.1 Å². The van der Waals surface area contributed by atoms with Gasteiger partial charge in [0, 0.05) is 68.4 Å². The predicted molar refractivity (Wildman–Crippen MR) is 136 cm³/mol. The monoisotopic (exact) mass is 483 g/mol. The number of nitrogens with zero attached hydrogens (tertiary/aromatic N) is 3. The molecular formula is C28H27N4O4+. The van der Waals surface area contributed by atoms with Gasteiger partial charge in [0.25, 0.3) is 5.78 Å². The van der Waals surface area contributed by atoms with Crippen molar-refractivity contribution < 1.29 is 23.9 Å². The molecule has 0 amide bonds. The van der Waals surface area contributed by atoms with Crippen molar-refractivity contribution in [1.82, 2.24) is 0 Å². The van der Waals surface area contributed by atoms with Crippen molar-refractivity contribution in [3.05, 3.63) is 82.4 Å². The third-order valence-electron chi connectivity index (χ3n) is 6.98. The number of fused-ring (bicyclic) bond motifs is 6. The van der Waals surface area contributed by atoms with Gasteiger partial charge in [0.15, 0.2) is 5.41 Å². The summed E-state index contributed by atoms with van der Waals surface area (Å²) in [6, 6.07) is 17.0. The molecule has 1 heterocycles. The van der Waals surface area contributed by atoms with Crippen molar-refractivity contribution >= 4 is 28.8 Å². The third kappa shape index (κ3) is 3.22. The molecular weight excluding hydrogens is 456 g/mol. The Morgan fingerprint density at radius 3 is 2.00 bits per heavy atom. The number of anilines is 2. The minimum Gasteiger partial charge on any atom is -0.469 e. The fourth-order valence-electron chi connectivity index (χ4n) is 5.18. The molecule has 1 aliphatic heterocycles. The number of methoxy groups -OCH3 is 1. The highest BCUT2D eigenvalue weighted by Crippen LogP contribution is 2.57. The van der Waals surface area contributed by atoms with Gasteiger partial charge in [-0.15, -0.1) is 0 Å². The van der Waals surface area contributed by atoms with Crippen molar-refractivity contribution in [3.8, 4) is 11.5 Å². The molecule has 1 aliphatic carbocycles. The van der Waals surface area contributed by atoms with Gasteiger partial charge in [-0.25, -0.2) is 0 Å². The van der Waals surface area contributed by atoms with E-state index in [1.165, 1.54) is 7.11 Å². The number of ether oxygens (including phenoxy) is 2. The van der Waals surface area contributed by atoms with Crippen LogP contribution < -0.4 is 14.5 Å². The standard InChI is InChI=1S/C28H27N4O4/c1-31(2)17-7-10-20-23(14-17)36-24-15-18(32(3)4)8-11-21(24)28(20)22-12-16(13-25(33)35-5)6-9-19(22)26(34)27(28)30-29/h6-12,14-15,29H,13H2,1-5H3/q+1. The van der Waals surface area contributed by atoms with Crippen LogP contribution in [0.3, 0.4) is 0 Å². The largest absolute Gasteiger partial charge is 0.469 e. The molecule has 3 aromatic carbocycles. The number of carbonyl (C=O) groups excluding carboxylic acids is 2. The second-order valence-electron chi connectivity index (χ2n) is 9.42. The second kappa shape index (κ2) is 8.36. The summed E-state index contributed by atoms with van der Waals surface area (Å²) >= 11 is 0. The molecule has 1 N–H and O–H groups in total. The van der Waals surface area contributed by atoms with Crippen molar-refractivity contribution in [1.29, 1.82) is 5.53 Å². The van der Waals surface area contributed by atoms with Crippen LogP contribution in [0.15, 0.2) is 54.6 Å². The summed E-state index contributed by atoms with van der Waals surface area (Å²) in [7, 11) is 9.14. The normalized spacial score (nSPS) is 14.4. The molecule has 0 saturated carbocycles. The molecule has 1 spiro atoms. The van der Waals surface area contributed by atoms with Gasteiger partial charge < -0.3 is 19.3 Å². The zero-order valence-corrected chi connectivity index (χ0v) is 20.9. The molecule has 5 rings (SSSR count). The number of carbonyl (C=O) groups is 2. The Labute approximate surface area is 209 Å². The zero-order chi connectivity index (χ0) is 25.8. The summed E-state index contributed by atoms with van der Waals surface area (Å²) in [5.74, 6) is 0.494. The molecule has 3 aromatic rings. The number of esters is 1. The molecule has 0 fully saturated rings. The summed E-state index contributed by atoms with van der Waals surface area (Å²) in [4.78, 5) is 33.5. The summed E-state index contributed by atoms with van der Waals surface area (Å²) in [6.45, 7) is 0. The molecule has 0 radical (unpaired) electrons. The van der Waals surface area contributed by atoms with E-state index in [1.807, 2.05) is 80.5 Å².